The van der Waals surface area contributed by atoms with Crippen LogP contribution in [-0.4, -0.2) is 55.3 Å². The molecule has 2 unspecified atom stereocenters. The lowest BCUT2D eigenvalue weighted by molar-refractivity contribution is -0.154. The van der Waals surface area contributed by atoms with Crippen LogP contribution in [-0.2, 0) is 22.6 Å². The zero-order chi connectivity index (χ0) is 31.7. The Morgan fingerprint density at radius 1 is 1.14 bits per heavy atom. The van der Waals surface area contributed by atoms with E-state index in [1.807, 2.05) is 5.32 Å². The third kappa shape index (κ3) is 10.8. The van der Waals surface area contributed by atoms with Gasteiger partial charge in [-0.25, -0.2) is 18.3 Å². The molecule has 0 spiro atoms. The molecule has 4 aliphatic rings. The number of aryl methyl sites for hydroxylation is 1. The number of hydrogen-bond acceptors (Lipinski definition) is 7. The number of amides is 2. The molecule has 4 heterocycles. The van der Waals surface area contributed by atoms with Crippen LogP contribution in [0.1, 0.15) is 81.4 Å². The summed E-state index contributed by atoms with van der Waals surface area (Å²) >= 11 is 0. The normalized spacial score (nSPS) is 22.4. The molecule has 2 atom stereocenters. The van der Waals surface area contributed by atoms with Gasteiger partial charge in [-0.2, -0.15) is 18.3 Å². The van der Waals surface area contributed by atoms with E-state index in [0.717, 1.165) is 6.42 Å². The second kappa shape index (κ2) is 14.9. The molecule has 3 aromatic rings. The van der Waals surface area contributed by atoms with Crippen LogP contribution in [0.3, 0.4) is 0 Å². The van der Waals surface area contributed by atoms with Gasteiger partial charge < -0.3 is 15.1 Å². The summed E-state index contributed by atoms with van der Waals surface area (Å²) in [6.07, 6.45) is 9.34. The van der Waals surface area contributed by atoms with Gasteiger partial charge in [-0.3, -0.25) is 9.59 Å². The van der Waals surface area contributed by atoms with Gasteiger partial charge in [-0.05, 0) is 74.8 Å². The number of nitrogens with one attached hydrogen (secondary N) is 2. The molecule has 3 aromatic heterocycles. The number of aromatic nitrogens is 5. The van der Waals surface area contributed by atoms with E-state index in [2.05, 4.69) is 30.0 Å². The second-order valence-corrected chi connectivity index (χ2v) is 11.7. The molecular formula is C29H38F5N7O3. The zero-order valence-corrected chi connectivity index (χ0v) is 24.5. The molecule has 242 valence electrons. The first kappa shape index (κ1) is 33.2. The van der Waals surface area contributed by atoms with Crippen molar-refractivity contribution < 1.29 is 36.0 Å². The van der Waals surface area contributed by atoms with Crippen LogP contribution >= 0.6 is 0 Å². The maximum atomic E-state index is 12.7. The maximum absolute atomic E-state index is 12.7. The summed E-state index contributed by atoms with van der Waals surface area (Å²) < 4.78 is 68.6. The highest BCUT2D eigenvalue weighted by Crippen LogP contribution is 2.49. The van der Waals surface area contributed by atoms with Crippen molar-refractivity contribution in [1.82, 2.24) is 35.4 Å². The number of rotatable bonds is 6. The van der Waals surface area contributed by atoms with Gasteiger partial charge in [0.2, 0.25) is 30.5 Å². The first-order chi connectivity index (χ1) is 20.9. The Labute approximate surface area is 251 Å². The van der Waals surface area contributed by atoms with Crippen LogP contribution < -0.4 is 10.6 Å². The molecule has 4 fully saturated rings. The van der Waals surface area contributed by atoms with Crippen molar-refractivity contribution in [3.05, 3.63) is 42.0 Å². The first-order valence-corrected chi connectivity index (χ1v) is 14.9. The van der Waals surface area contributed by atoms with Crippen LogP contribution in [0, 0.1) is 24.7 Å². The number of carbonyl (C=O) groups is 2. The lowest BCUT2D eigenvalue weighted by Crippen LogP contribution is -2.38. The number of alkyl halides is 5. The van der Waals surface area contributed by atoms with Crippen molar-refractivity contribution in [3.8, 4) is 0 Å². The molecule has 7 rings (SSSR count). The fraction of sp³-hybridized carbons (Fsp3) is 0.655. The van der Waals surface area contributed by atoms with Crippen LogP contribution in [0.4, 0.5) is 22.0 Å². The molecule has 10 nitrogen and oxygen atoms in total. The summed E-state index contributed by atoms with van der Waals surface area (Å²) in [5, 5.41) is 15.5. The summed E-state index contributed by atoms with van der Waals surface area (Å²) in [6.45, 7) is 1.99. The molecule has 0 aromatic carbocycles. The third-order valence-electron chi connectivity index (χ3n) is 7.84. The Morgan fingerprint density at radius 2 is 1.82 bits per heavy atom. The lowest BCUT2D eigenvalue weighted by atomic mass is 9.97. The van der Waals surface area contributed by atoms with E-state index in [9.17, 15) is 31.5 Å². The fourth-order valence-electron chi connectivity index (χ4n) is 5.16. The van der Waals surface area contributed by atoms with Crippen molar-refractivity contribution in [2.75, 3.05) is 0 Å². The van der Waals surface area contributed by atoms with Crippen LogP contribution in [0.25, 0.3) is 5.65 Å². The highest BCUT2D eigenvalue weighted by atomic mass is 19.4. The van der Waals surface area contributed by atoms with E-state index >= 15 is 0 Å². The van der Waals surface area contributed by atoms with Crippen molar-refractivity contribution in [1.29, 1.82) is 0 Å². The van der Waals surface area contributed by atoms with E-state index in [1.165, 1.54) is 28.9 Å². The maximum Gasteiger partial charge on any atom is 0.408 e. The van der Waals surface area contributed by atoms with Gasteiger partial charge in [-0.1, -0.05) is 6.42 Å². The molecule has 44 heavy (non-hydrogen) atoms. The van der Waals surface area contributed by atoms with Gasteiger partial charge in [0, 0.05) is 25.7 Å². The number of fused-ring (bicyclic) bond motifs is 1. The Morgan fingerprint density at radius 3 is 2.27 bits per heavy atom. The van der Waals surface area contributed by atoms with Crippen LogP contribution in [0.5, 0.6) is 0 Å². The smallest absolute Gasteiger partial charge is 0.408 e. The van der Waals surface area contributed by atoms with E-state index in [-0.39, 0.29) is 32.2 Å². The molecular weight excluding hydrogens is 589 g/mol. The van der Waals surface area contributed by atoms with Crippen molar-refractivity contribution >= 4 is 18.0 Å². The Bertz CT molecular complexity index is 1320. The van der Waals surface area contributed by atoms with Crippen molar-refractivity contribution in [3.63, 3.8) is 0 Å². The van der Waals surface area contributed by atoms with E-state index in [0.29, 0.717) is 42.0 Å². The number of nitrogens with zero attached hydrogens (tertiary/aromatic N) is 5. The average Bonchev–Trinajstić information content (AvgIpc) is 3.87. The van der Waals surface area contributed by atoms with Gasteiger partial charge in [0.15, 0.2) is 5.65 Å². The molecule has 15 heteroatoms. The average molecular weight is 628 g/mol. The second-order valence-electron chi connectivity index (χ2n) is 11.7. The molecule has 3 saturated carbocycles. The van der Waals surface area contributed by atoms with E-state index in [1.54, 1.807) is 44.9 Å². The van der Waals surface area contributed by atoms with Crippen LogP contribution in [0.2, 0.25) is 0 Å². The number of halogens is 5. The topological polar surface area (TPSA) is 127 Å². The molecule has 1 aliphatic heterocycles. The van der Waals surface area contributed by atoms with Gasteiger partial charge in [0.1, 0.15) is 6.04 Å². The molecule has 1 saturated heterocycles. The Kier molecular flexibility index (Phi) is 11.2. The summed E-state index contributed by atoms with van der Waals surface area (Å²) in [5.41, 5.74) is 1.73. The molecule has 0 bridgehead atoms. The Balaban J connectivity index is 0.000000175. The predicted octanol–water partition coefficient (Wildman–Crippen LogP) is 5.36. The van der Waals surface area contributed by atoms with Gasteiger partial charge in [0.05, 0.1) is 24.6 Å². The summed E-state index contributed by atoms with van der Waals surface area (Å²) in [4.78, 5) is 26.3. The molecule has 2 N–H and O–H groups in total. The fourth-order valence-corrected chi connectivity index (χ4v) is 5.16. The highest BCUT2D eigenvalue weighted by molar-refractivity contribution is 5.81. The largest absolute Gasteiger partial charge is 0.428 e. The number of hydrogen-bond donors (Lipinski definition) is 2. The van der Waals surface area contributed by atoms with Gasteiger partial charge in [-0.15, -0.1) is 10.2 Å². The minimum Gasteiger partial charge on any atom is -0.428 e. The van der Waals surface area contributed by atoms with Gasteiger partial charge >= 0.3 is 6.18 Å². The third-order valence-corrected chi connectivity index (χ3v) is 7.84. The molecule has 3 aliphatic carbocycles. The first-order valence-electron chi connectivity index (χ1n) is 14.9. The van der Waals surface area contributed by atoms with Gasteiger partial charge in [0.25, 0.3) is 0 Å². The minimum atomic E-state index is -4.43. The van der Waals surface area contributed by atoms with Crippen molar-refractivity contribution in [2.45, 2.75) is 102 Å². The van der Waals surface area contributed by atoms with E-state index in [4.69, 9.17) is 0 Å². The SMILES string of the molecule is C1CC1C1CC1.Cc1nnco1.FC1(F)CCCCC1.O=CNCc1cn2ncc(CC3CC(C(F)(F)F)NC3=O)cc2n1. The molecule has 0 radical (unpaired) electrons. The van der Waals surface area contributed by atoms with E-state index < -0.39 is 30.0 Å². The summed E-state index contributed by atoms with van der Waals surface area (Å²) in [7, 11) is 0. The highest BCUT2D eigenvalue weighted by Gasteiger charge is 2.47. The predicted molar refractivity (Wildman–Crippen MR) is 148 cm³/mol. The summed E-state index contributed by atoms with van der Waals surface area (Å²) in [5.74, 6) is -0.633. The minimum absolute atomic E-state index is 0.118. The van der Waals surface area contributed by atoms with Crippen LogP contribution in [0.15, 0.2) is 29.3 Å². The van der Waals surface area contributed by atoms with Crippen molar-refractivity contribution in [2.24, 2.45) is 17.8 Å². The number of imidazole rings is 1. The lowest BCUT2D eigenvalue weighted by Gasteiger charge is -2.20. The number of carbonyl (C=O) groups excluding carboxylic acids is 2. The Hall–Kier alpha value is -3.65. The monoisotopic (exact) mass is 627 g/mol. The molecule has 2 amide bonds. The zero-order valence-electron chi connectivity index (χ0n) is 24.5. The standard InChI is InChI=1S/C14H14F3N5O2.C6H10F2.C6H10.C3H4N2O/c15-14(16,17)11-3-9(13(24)21-11)1-8-2-12-20-10(5-18-7-23)6-22(12)19-4-8;7-6(8)4-2-1-3-5-6;1-2-5(1)6-3-4-6;1-3-5-4-2-6-3/h2,4,6-7,9,11H,1,3,5H2,(H,18,23)(H,21,24);1-5H2;5-6H,1-4H2;2H,1H3. The summed E-state index contributed by atoms with van der Waals surface area (Å²) in [6, 6.07) is -0.120. The quantitative estimate of drug-likeness (QED) is 0.279.